The van der Waals surface area contributed by atoms with Crippen molar-refractivity contribution < 1.29 is 9.13 Å². The minimum absolute atomic E-state index is 0.132. The van der Waals surface area contributed by atoms with Crippen molar-refractivity contribution in [2.75, 3.05) is 13.7 Å². The third-order valence-corrected chi connectivity index (χ3v) is 2.79. The maximum Gasteiger partial charge on any atom is 0.145 e. The second kappa shape index (κ2) is 5.33. The average Bonchev–Trinajstić information content (AvgIpc) is 2.22. The number of hydrogen-bond acceptors (Lipinski definition) is 2. The molecule has 2 N–H and O–H groups in total. The van der Waals surface area contributed by atoms with Crippen LogP contribution in [0.2, 0.25) is 5.02 Å². The van der Waals surface area contributed by atoms with Gasteiger partial charge in [-0.1, -0.05) is 18.5 Å². The molecule has 0 radical (unpaired) electrons. The van der Waals surface area contributed by atoms with Crippen molar-refractivity contribution in [3.05, 3.63) is 28.5 Å². The number of hydrogen-bond donors (Lipinski definition) is 1. The van der Waals surface area contributed by atoms with Gasteiger partial charge in [0, 0.05) is 6.07 Å². The van der Waals surface area contributed by atoms with Gasteiger partial charge < -0.3 is 10.5 Å². The molecular formula is C11H15ClFNO. The van der Waals surface area contributed by atoms with Crippen LogP contribution >= 0.6 is 11.6 Å². The Kier molecular flexibility index (Phi) is 4.36. The monoisotopic (exact) mass is 231 g/mol. The third-order valence-electron chi connectivity index (χ3n) is 2.40. The van der Waals surface area contributed by atoms with Gasteiger partial charge >= 0.3 is 0 Å². The van der Waals surface area contributed by atoms with Crippen LogP contribution in [0, 0.1) is 5.82 Å². The summed E-state index contributed by atoms with van der Waals surface area (Å²) in [4.78, 5) is 0. The Morgan fingerprint density at radius 2 is 2.20 bits per heavy atom. The molecular weight excluding hydrogens is 217 g/mol. The fourth-order valence-corrected chi connectivity index (χ4v) is 1.76. The van der Waals surface area contributed by atoms with Gasteiger partial charge in [-0.2, -0.15) is 0 Å². The van der Waals surface area contributed by atoms with Gasteiger partial charge in [0.1, 0.15) is 11.6 Å². The van der Waals surface area contributed by atoms with Crippen LogP contribution in [0.5, 0.6) is 5.75 Å². The summed E-state index contributed by atoms with van der Waals surface area (Å²) in [5.41, 5.74) is 6.21. The zero-order chi connectivity index (χ0) is 11.4. The summed E-state index contributed by atoms with van der Waals surface area (Å²) in [5, 5.41) is 0.164. The Bertz CT molecular complexity index is 344. The van der Waals surface area contributed by atoms with Crippen molar-refractivity contribution in [1.82, 2.24) is 0 Å². The molecule has 0 spiro atoms. The molecule has 0 aliphatic rings. The molecule has 0 aliphatic carbocycles. The molecule has 0 amide bonds. The van der Waals surface area contributed by atoms with Gasteiger partial charge in [0.25, 0.3) is 0 Å². The Hall–Kier alpha value is -0.800. The molecule has 0 heterocycles. The van der Waals surface area contributed by atoms with Crippen molar-refractivity contribution in [3.8, 4) is 5.75 Å². The molecule has 84 valence electrons. The molecule has 15 heavy (non-hydrogen) atoms. The molecule has 1 aromatic rings. The van der Waals surface area contributed by atoms with E-state index in [0.717, 1.165) is 12.0 Å². The molecule has 0 bridgehead atoms. The zero-order valence-corrected chi connectivity index (χ0v) is 9.64. The highest BCUT2D eigenvalue weighted by atomic mass is 35.5. The smallest absolute Gasteiger partial charge is 0.145 e. The topological polar surface area (TPSA) is 35.2 Å². The van der Waals surface area contributed by atoms with Gasteiger partial charge in [-0.05, 0) is 30.5 Å². The van der Waals surface area contributed by atoms with Crippen LogP contribution in [0.3, 0.4) is 0 Å². The van der Waals surface area contributed by atoms with Crippen molar-refractivity contribution >= 4 is 11.6 Å². The lowest BCUT2D eigenvalue weighted by atomic mass is 9.97. The van der Waals surface area contributed by atoms with Gasteiger partial charge in [-0.25, -0.2) is 4.39 Å². The second-order valence-electron chi connectivity index (χ2n) is 3.49. The van der Waals surface area contributed by atoms with Gasteiger partial charge in [0.15, 0.2) is 0 Å². The molecule has 0 saturated heterocycles. The summed E-state index contributed by atoms with van der Waals surface area (Å²) >= 11 is 5.88. The van der Waals surface area contributed by atoms with Crippen LogP contribution in [0.25, 0.3) is 0 Å². The fourth-order valence-electron chi connectivity index (χ4n) is 1.47. The van der Waals surface area contributed by atoms with E-state index in [4.69, 9.17) is 22.1 Å². The lowest BCUT2D eigenvalue weighted by Gasteiger charge is -2.14. The minimum Gasteiger partial charge on any atom is -0.497 e. The van der Waals surface area contributed by atoms with Gasteiger partial charge in [-0.3, -0.25) is 0 Å². The van der Waals surface area contributed by atoms with Crippen LogP contribution in [0.4, 0.5) is 4.39 Å². The van der Waals surface area contributed by atoms with Gasteiger partial charge in [0.05, 0.1) is 12.1 Å². The highest BCUT2D eigenvalue weighted by Crippen LogP contribution is 2.32. The van der Waals surface area contributed by atoms with Crippen LogP contribution in [-0.2, 0) is 0 Å². The first-order valence-electron chi connectivity index (χ1n) is 4.83. The fraction of sp³-hybridized carbons (Fsp3) is 0.455. The highest BCUT2D eigenvalue weighted by molar-refractivity contribution is 6.31. The summed E-state index contributed by atoms with van der Waals surface area (Å²) in [6.07, 6.45) is 0.770. The molecule has 0 aromatic heterocycles. The van der Waals surface area contributed by atoms with E-state index in [1.165, 1.54) is 13.2 Å². The van der Waals surface area contributed by atoms with Crippen LogP contribution in [0.15, 0.2) is 12.1 Å². The van der Waals surface area contributed by atoms with Gasteiger partial charge in [0.2, 0.25) is 0 Å². The normalized spacial score (nSPS) is 12.6. The Morgan fingerprint density at radius 1 is 1.53 bits per heavy atom. The predicted octanol–water partition coefficient (Wildman–Crippen LogP) is 2.94. The van der Waals surface area contributed by atoms with E-state index in [2.05, 4.69) is 0 Å². The molecule has 1 atom stereocenters. The summed E-state index contributed by atoms with van der Waals surface area (Å²) in [6.45, 7) is 2.52. The second-order valence-corrected chi connectivity index (χ2v) is 3.87. The highest BCUT2D eigenvalue weighted by Gasteiger charge is 2.14. The Morgan fingerprint density at radius 3 is 2.73 bits per heavy atom. The Labute approximate surface area is 94.2 Å². The lowest BCUT2D eigenvalue weighted by molar-refractivity contribution is 0.410. The van der Waals surface area contributed by atoms with E-state index < -0.39 is 5.82 Å². The molecule has 1 unspecified atom stereocenters. The van der Waals surface area contributed by atoms with E-state index in [0.29, 0.717) is 12.3 Å². The van der Waals surface area contributed by atoms with Crippen molar-refractivity contribution in [2.24, 2.45) is 5.73 Å². The molecule has 0 fully saturated rings. The van der Waals surface area contributed by atoms with E-state index in [9.17, 15) is 4.39 Å². The summed E-state index contributed by atoms with van der Waals surface area (Å²) in [7, 11) is 1.50. The molecule has 0 aliphatic heterocycles. The minimum atomic E-state index is -0.449. The molecule has 2 nitrogen and oxygen atoms in total. The number of methoxy groups -OCH3 is 1. The largest absolute Gasteiger partial charge is 0.497 e. The number of nitrogens with two attached hydrogens (primary N) is 1. The first-order chi connectivity index (χ1) is 7.10. The molecule has 4 heteroatoms. The van der Waals surface area contributed by atoms with E-state index in [1.54, 1.807) is 6.07 Å². The van der Waals surface area contributed by atoms with Crippen molar-refractivity contribution in [2.45, 2.75) is 19.3 Å². The number of benzene rings is 1. The third kappa shape index (κ3) is 2.83. The van der Waals surface area contributed by atoms with Crippen LogP contribution in [0.1, 0.15) is 24.8 Å². The number of rotatable bonds is 4. The Balaban J connectivity index is 3.09. The van der Waals surface area contributed by atoms with E-state index in [-0.39, 0.29) is 10.9 Å². The average molecular weight is 232 g/mol. The van der Waals surface area contributed by atoms with Crippen molar-refractivity contribution in [3.63, 3.8) is 0 Å². The maximum absolute atomic E-state index is 13.4. The van der Waals surface area contributed by atoms with E-state index >= 15 is 0 Å². The standard InChI is InChI=1S/C11H15ClFNO/c1-7(3-4-14)9-5-8(15-2)6-10(13)11(9)12/h5-7H,3-4,14H2,1-2H3. The maximum atomic E-state index is 13.4. The number of halogens is 2. The molecule has 1 aromatic carbocycles. The first-order valence-corrected chi connectivity index (χ1v) is 5.21. The SMILES string of the molecule is COc1cc(F)c(Cl)c(C(C)CCN)c1. The zero-order valence-electron chi connectivity index (χ0n) is 8.89. The van der Waals surface area contributed by atoms with Crippen LogP contribution < -0.4 is 10.5 Å². The lowest BCUT2D eigenvalue weighted by Crippen LogP contribution is -2.06. The van der Waals surface area contributed by atoms with E-state index in [1.807, 2.05) is 6.92 Å². The van der Waals surface area contributed by atoms with Gasteiger partial charge in [-0.15, -0.1) is 0 Å². The van der Waals surface area contributed by atoms with Crippen molar-refractivity contribution in [1.29, 1.82) is 0 Å². The molecule has 0 saturated carbocycles. The first kappa shape index (κ1) is 12.3. The number of ether oxygens (including phenoxy) is 1. The quantitative estimate of drug-likeness (QED) is 0.865. The molecule has 1 rings (SSSR count). The predicted molar refractivity (Wildman–Crippen MR) is 60.0 cm³/mol. The summed E-state index contributed by atoms with van der Waals surface area (Å²) in [5.74, 6) is 0.165. The van der Waals surface area contributed by atoms with Crippen LogP contribution in [-0.4, -0.2) is 13.7 Å². The summed E-state index contributed by atoms with van der Waals surface area (Å²) < 4.78 is 18.4. The summed E-state index contributed by atoms with van der Waals surface area (Å²) in [6, 6.07) is 3.03.